The highest BCUT2D eigenvalue weighted by Crippen LogP contribution is 2.33. The van der Waals surface area contributed by atoms with Crippen molar-refractivity contribution in [1.29, 1.82) is 0 Å². The molecule has 0 aliphatic rings. The van der Waals surface area contributed by atoms with Crippen LogP contribution in [0.5, 0.6) is 0 Å². The van der Waals surface area contributed by atoms with Gasteiger partial charge in [0.2, 0.25) is 0 Å². The Balaban J connectivity index is 1.46. The fourth-order valence-corrected chi connectivity index (χ4v) is 5.12. The largest absolute Gasteiger partial charge is 0.480 e. The Morgan fingerprint density at radius 2 is 1.71 bits per heavy atom. The Kier molecular flexibility index (Phi) is 8.42. The van der Waals surface area contributed by atoms with Gasteiger partial charge in [-0.1, -0.05) is 63.3 Å². The Bertz CT molecular complexity index is 1450. The van der Waals surface area contributed by atoms with E-state index in [1.165, 1.54) is 23.0 Å². The monoisotopic (exact) mass is 533 g/mol. The molecule has 6 nitrogen and oxygen atoms in total. The number of hydrogen-bond donors (Lipinski definition) is 3. The lowest BCUT2D eigenvalue weighted by molar-refractivity contribution is -0.139. The Labute approximate surface area is 225 Å². The number of benzene rings is 3. The van der Waals surface area contributed by atoms with Crippen molar-refractivity contribution < 1.29 is 19.1 Å². The molecule has 0 spiro atoms. The number of carbonyl (C=O) groups is 2. The van der Waals surface area contributed by atoms with Gasteiger partial charge in [0.25, 0.3) is 5.91 Å². The second kappa shape index (κ2) is 11.7. The highest BCUT2D eigenvalue weighted by atomic mass is 32.1. The number of hydrogen-bond acceptors (Lipinski definition) is 5. The molecule has 0 aliphatic carbocycles. The van der Waals surface area contributed by atoms with E-state index in [-0.39, 0.29) is 5.92 Å². The predicted molar refractivity (Wildman–Crippen MR) is 152 cm³/mol. The van der Waals surface area contributed by atoms with E-state index in [2.05, 4.69) is 41.6 Å². The number of thiazole rings is 1. The third-order valence-corrected chi connectivity index (χ3v) is 7.53. The molecule has 2 unspecified atom stereocenters. The number of rotatable bonds is 10. The van der Waals surface area contributed by atoms with Crippen LogP contribution in [0.25, 0.3) is 21.3 Å². The van der Waals surface area contributed by atoms with Crippen LogP contribution in [0.3, 0.4) is 0 Å². The maximum Gasteiger partial charge on any atom is 0.326 e. The Morgan fingerprint density at radius 3 is 2.34 bits per heavy atom. The van der Waals surface area contributed by atoms with E-state index >= 15 is 4.39 Å². The van der Waals surface area contributed by atoms with Crippen molar-refractivity contribution in [2.24, 2.45) is 5.92 Å². The molecule has 198 valence electrons. The van der Waals surface area contributed by atoms with Gasteiger partial charge in [0.1, 0.15) is 11.9 Å². The minimum absolute atomic E-state index is 0.128. The summed E-state index contributed by atoms with van der Waals surface area (Å²) in [5.41, 5.74) is 4.22. The number of nitrogens with one attached hydrogen (secondary N) is 2. The van der Waals surface area contributed by atoms with Gasteiger partial charge in [0.15, 0.2) is 5.13 Å². The van der Waals surface area contributed by atoms with Gasteiger partial charge in [-0.2, -0.15) is 0 Å². The molecule has 8 heteroatoms. The topological polar surface area (TPSA) is 91.3 Å². The zero-order valence-corrected chi connectivity index (χ0v) is 22.7. The van der Waals surface area contributed by atoms with Crippen LogP contribution in [-0.4, -0.2) is 28.0 Å². The van der Waals surface area contributed by atoms with Crippen molar-refractivity contribution in [2.75, 3.05) is 5.32 Å². The highest BCUT2D eigenvalue weighted by Gasteiger charge is 2.21. The van der Waals surface area contributed by atoms with Crippen molar-refractivity contribution in [3.8, 4) is 11.1 Å². The van der Waals surface area contributed by atoms with Gasteiger partial charge in [-0.15, -0.1) is 0 Å². The summed E-state index contributed by atoms with van der Waals surface area (Å²) < 4.78 is 16.1. The molecule has 38 heavy (non-hydrogen) atoms. The van der Waals surface area contributed by atoms with Crippen molar-refractivity contribution in [3.05, 3.63) is 77.6 Å². The van der Waals surface area contributed by atoms with E-state index in [1.54, 1.807) is 36.4 Å². The molecule has 4 aromatic rings. The molecule has 0 saturated heterocycles. The van der Waals surface area contributed by atoms with E-state index in [0.717, 1.165) is 22.2 Å². The van der Waals surface area contributed by atoms with Crippen LogP contribution in [-0.2, 0) is 4.79 Å². The zero-order chi connectivity index (χ0) is 27.4. The lowest BCUT2D eigenvalue weighted by Crippen LogP contribution is -2.41. The number of fused-ring (bicyclic) bond motifs is 1. The number of halogens is 1. The number of nitrogens with zero attached hydrogens (tertiary/aromatic N) is 1. The minimum Gasteiger partial charge on any atom is -0.480 e. The molecule has 3 N–H and O–H groups in total. The number of amides is 1. The summed E-state index contributed by atoms with van der Waals surface area (Å²) in [5, 5.41) is 15.7. The molecule has 0 bridgehead atoms. The lowest BCUT2D eigenvalue weighted by Gasteiger charge is -2.16. The molecule has 1 heterocycles. The molecule has 4 rings (SSSR count). The molecule has 1 amide bonds. The molecule has 0 radical (unpaired) electrons. The van der Waals surface area contributed by atoms with E-state index in [1.807, 2.05) is 19.9 Å². The SMILES string of the molecule is CCC(C)c1ccc2nc(Nc3ccc(-c4ccc(C(=O)NC(CC(C)C)C(=O)O)cc4)cc3F)sc2c1. The first-order valence-electron chi connectivity index (χ1n) is 12.8. The summed E-state index contributed by atoms with van der Waals surface area (Å²) >= 11 is 1.49. The van der Waals surface area contributed by atoms with Gasteiger partial charge in [-0.25, -0.2) is 14.2 Å². The normalized spacial score (nSPS) is 12.9. The first kappa shape index (κ1) is 27.3. The third kappa shape index (κ3) is 6.37. The van der Waals surface area contributed by atoms with E-state index in [4.69, 9.17) is 0 Å². The molecule has 1 aromatic heterocycles. The number of carboxylic acids is 1. The van der Waals surface area contributed by atoms with Crippen LogP contribution in [0.15, 0.2) is 60.7 Å². The van der Waals surface area contributed by atoms with E-state index < -0.39 is 23.7 Å². The summed E-state index contributed by atoms with van der Waals surface area (Å²) in [6.07, 6.45) is 1.40. The van der Waals surface area contributed by atoms with Gasteiger partial charge in [-0.3, -0.25) is 4.79 Å². The number of anilines is 2. The molecular formula is C30H32FN3O3S. The van der Waals surface area contributed by atoms with Gasteiger partial charge in [0, 0.05) is 5.56 Å². The summed E-state index contributed by atoms with van der Waals surface area (Å²) in [5.74, 6) is -1.33. The van der Waals surface area contributed by atoms with Crippen LogP contribution in [0.2, 0.25) is 0 Å². The van der Waals surface area contributed by atoms with Gasteiger partial charge < -0.3 is 15.7 Å². The fraction of sp³-hybridized carbons (Fsp3) is 0.300. The van der Waals surface area contributed by atoms with Crippen LogP contribution in [0, 0.1) is 11.7 Å². The summed E-state index contributed by atoms with van der Waals surface area (Å²) in [4.78, 5) is 28.6. The van der Waals surface area contributed by atoms with Gasteiger partial charge in [0.05, 0.1) is 15.9 Å². The van der Waals surface area contributed by atoms with Crippen LogP contribution in [0.1, 0.15) is 62.4 Å². The van der Waals surface area contributed by atoms with Crippen LogP contribution >= 0.6 is 11.3 Å². The van der Waals surface area contributed by atoms with Gasteiger partial charge in [-0.05, 0) is 77.8 Å². The van der Waals surface area contributed by atoms with E-state index in [0.29, 0.717) is 34.3 Å². The van der Waals surface area contributed by atoms with Crippen molar-refractivity contribution in [1.82, 2.24) is 10.3 Å². The van der Waals surface area contributed by atoms with Crippen molar-refractivity contribution in [2.45, 2.75) is 52.5 Å². The lowest BCUT2D eigenvalue weighted by atomic mass is 9.99. The van der Waals surface area contributed by atoms with Crippen molar-refractivity contribution in [3.63, 3.8) is 0 Å². The quantitative estimate of drug-likeness (QED) is 0.195. The van der Waals surface area contributed by atoms with Crippen LogP contribution in [0.4, 0.5) is 15.2 Å². The van der Waals surface area contributed by atoms with E-state index in [9.17, 15) is 14.7 Å². The molecule has 2 atom stereocenters. The number of aliphatic carboxylic acids is 1. The predicted octanol–water partition coefficient (Wildman–Crippen LogP) is 7.59. The first-order valence-corrected chi connectivity index (χ1v) is 13.6. The third-order valence-electron chi connectivity index (χ3n) is 6.60. The second-order valence-electron chi connectivity index (χ2n) is 9.95. The maximum absolute atomic E-state index is 15.0. The molecular weight excluding hydrogens is 501 g/mol. The van der Waals surface area contributed by atoms with Gasteiger partial charge >= 0.3 is 5.97 Å². The molecule has 0 fully saturated rings. The number of carbonyl (C=O) groups excluding carboxylic acids is 1. The average molecular weight is 534 g/mol. The Hall–Kier alpha value is -3.78. The maximum atomic E-state index is 15.0. The zero-order valence-electron chi connectivity index (χ0n) is 21.9. The smallest absolute Gasteiger partial charge is 0.326 e. The van der Waals surface area contributed by atoms with Crippen molar-refractivity contribution >= 4 is 44.2 Å². The Morgan fingerprint density at radius 1 is 1.00 bits per heavy atom. The number of carboxylic acid groups (broad SMARTS) is 1. The standard InChI is InChI=1S/C30H32FN3O3S/c1-5-18(4)21-10-13-25-27(16-21)38-30(34-25)33-24-12-11-22(15-23(24)31)19-6-8-20(9-7-19)28(35)32-26(29(36)37)14-17(2)3/h6-13,15-18,26H,5,14H2,1-4H3,(H,32,35)(H,33,34)(H,36,37). The fourth-order valence-electron chi connectivity index (χ4n) is 4.20. The summed E-state index contributed by atoms with van der Waals surface area (Å²) in [6, 6.07) is 16.9. The highest BCUT2D eigenvalue weighted by molar-refractivity contribution is 7.22. The van der Waals surface area contributed by atoms with Crippen LogP contribution < -0.4 is 10.6 Å². The number of aromatic nitrogens is 1. The molecule has 3 aromatic carbocycles. The molecule has 0 saturated carbocycles. The minimum atomic E-state index is -1.06. The summed E-state index contributed by atoms with van der Waals surface area (Å²) in [6.45, 7) is 8.17. The summed E-state index contributed by atoms with van der Waals surface area (Å²) in [7, 11) is 0. The molecule has 0 aliphatic heterocycles. The second-order valence-corrected chi connectivity index (χ2v) is 11.0. The first-order chi connectivity index (χ1) is 18.1. The average Bonchev–Trinajstić information content (AvgIpc) is 3.30.